The summed E-state index contributed by atoms with van der Waals surface area (Å²) in [6.45, 7) is 19.5. The summed E-state index contributed by atoms with van der Waals surface area (Å²) in [5.41, 5.74) is 0.443. The molecule has 0 aromatic rings. The molecule has 0 nitrogen and oxygen atoms in total. The Balaban J connectivity index is 2.62. The molecule has 0 aromatic carbocycles. The van der Waals surface area contributed by atoms with Crippen molar-refractivity contribution in [3.63, 3.8) is 0 Å². The number of unbranched alkanes of at least 4 members (excludes halogenated alkanes) is 2. The number of hydrogen-bond acceptors (Lipinski definition) is 0. The third kappa shape index (κ3) is 5.27. The molecule has 1 saturated carbocycles. The maximum atomic E-state index is 2.51. The lowest BCUT2D eigenvalue weighted by Crippen LogP contribution is -2.41. The van der Waals surface area contributed by atoms with Gasteiger partial charge in [0.25, 0.3) is 0 Å². The molecule has 1 rings (SSSR count). The van der Waals surface area contributed by atoms with Crippen LogP contribution in [0.4, 0.5) is 0 Å². The van der Waals surface area contributed by atoms with Gasteiger partial charge < -0.3 is 0 Å². The molecule has 0 N–H and O–H groups in total. The fourth-order valence-corrected chi connectivity index (χ4v) is 5.01. The average molecular weight is 309 g/mol. The summed E-state index contributed by atoms with van der Waals surface area (Å²) >= 11 is 0. The van der Waals surface area contributed by atoms with E-state index < -0.39 is 0 Å². The lowest BCUT2D eigenvalue weighted by Gasteiger charge is -2.49. The zero-order chi connectivity index (χ0) is 16.9. The van der Waals surface area contributed by atoms with Gasteiger partial charge in [0, 0.05) is 0 Å². The van der Waals surface area contributed by atoms with E-state index in [0.29, 0.717) is 5.41 Å². The molecule has 0 aliphatic heterocycles. The largest absolute Gasteiger partial charge is 0.0654 e. The number of hydrogen-bond donors (Lipinski definition) is 0. The van der Waals surface area contributed by atoms with Crippen LogP contribution in [0.5, 0.6) is 0 Å². The molecule has 1 aliphatic carbocycles. The summed E-state index contributed by atoms with van der Waals surface area (Å²) in [5, 5.41) is 0. The third-order valence-electron chi connectivity index (χ3n) is 6.78. The van der Waals surface area contributed by atoms with E-state index >= 15 is 0 Å². The van der Waals surface area contributed by atoms with Crippen LogP contribution >= 0.6 is 0 Å². The Morgan fingerprint density at radius 3 is 1.95 bits per heavy atom. The van der Waals surface area contributed by atoms with Crippen LogP contribution in [-0.2, 0) is 0 Å². The van der Waals surface area contributed by atoms with Gasteiger partial charge in [0.15, 0.2) is 0 Å². The van der Waals surface area contributed by atoms with Crippen molar-refractivity contribution in [2.24, 2.45) is 40.9 Å². The first-order valence-corrected chi connectivity index (χ1v) is 10.2. The normalized spacial score (nSPS) is 26.6. The fraction of sp³-hybridized carbons (Fsp3) is 1.00. The fourth-order valence-electron chi connectivity index (χ4n) is 5.01. The van der Waals surface area contributed by atoms with Crippen LogP contribution in [0.1, 0.15) is 100 Å². The molecule has 0 radical (unpaired) electrons. The Morgan fingerprint density at radius 1 is 0.955 bits per heavy atom. The van der Waals surface area contributed by atoms with E-state index in [1.165, 1.54) is 44.9 Å². The summed E-state index contributed by atoms with van der Waals surface area (Å²) in [4.78, 5) is 0. The van der Waals surface area contributed by atoms with Crippen molar-refractivity contribution in [2.45, 2.75) is 100 Å². The first-order valence-electron chi connectivity index (χ1n) is 10.2. The highest BCUT2D eigenvalue weighted by Crippen LogP contribution is 2.51. The topological polar surface area (TPSA) is 0 Å². The van der Waals surface area contributed by atoms with Crippen molar-refractivity contribution in [1.29, 1.82) is 0 Å². The predicted octanol–water partition coefficient (Wildman–Crippen LogP) is 7.57. The van der Waals surface area contributed by atoms with Gasteiger partial charge in [0.2, 0.25) is 0 Å². The maximum absolute atomic E-state index is 2.51. The van der Waals surface area contributed by atoms with Crippen molar-refractivity contribution in [1.82, 2.24) is 0 Å². The maximum Gasteiger partial charge on any atom is -0.0331 e. The van der Waals surface area contributed by atoms with Gasteiger partial charge in [0.05, 0.1) is 0 Å². The van der Waals surface area contributed by atoms with Gasteiger partial charge >= 0.3 is 0 Å². The van der Waals surface area contributed by atoms with Crippen molar-refractivity contribution < 1.29 is 0 Å². The highest BCUT2D eigenvalue weighted by molar-refractivity contribution is 4.92. The van der Waals surface area contributed by atoms with Gasteiger partial charge in [-0.05, 0) is 53.8 Å². The molecule has 3 unspecified atom stereocenters. The molecule has 0 saturated heterocycles. The first kappa shape index (κ1) is 20.0. The van der Waals surface area contributed by atoms with Crippen LogP contribution in [0.15, 0.2) is 0 Å². The second-order valence-corrected chi connectivity index (χ2v) is 9.64. The van der Waals surface area contributed by atoms with Crippen molar-refractivity contribution in [3.8, 4) is 0 Å². The highest BCUT2D eigenvalue weighted by Gasteiger charge is 2.42. The summed E-state index contributed by atoms with van der Waals surface area (Å²) in [7, 11) is 0. The van der Waals surface area contributed by atoms with E-state index in [0.717, 1.165) is 35.5 Å². The molecule has 3 atom stereocenters. The molecule has 0 aromatic heterocycles. The minimum Gasteiger partial charge on any atom is -0.0654 e. The summed E-state index contributed by atoms with van der Waals surface area (Å²) in [5.74, 6) is 5.59. The molecule has 1 fully saturated rings. The molecule has 22 heavy (non-hydrogen) atoms. The Labute approximate surface area is 141 Å². The first-order chi connectivity index (χ1) is 10.2. The standard InChI is InChI=1S/C22H44/c1-9-11-12-13-18-14-19(15-18)21(16(3)4)20(10-2)17(5)22(6,7)8/h16-21H,9-15H2,1-8H3. The van der Waals surface area contributed by atoms with E-state index in [4.69, 9.17) is 0 Å². The zero-order valence-electron chi connectivity index (χ0n) is 16.9. The smallest absolute Gasteiger partial charge is 0.0331 e. The van der Waals surface area contributed by atoms with E-state index in [1.807, 2.05) is 0 Å². The van der Waals surface area contributed by atoms with Crippen LogP contribution in [0.25, 0.3) is 0 Å². The SMILES string of the molecule is CCCCCC1CC(C(C(C)C)C(CC)C(C)C(C)(C)C)C1. The quantitative estimate of drug-likeness (QED) is 0.385. The predicted molar refractivity (Wildman–Crippen MR) is 101 cm³/mol. The third-order valence-corrected chi connectivity index (χ3v) is 6.78. The minimum absolute atomic E-state index is 0.443. The Kier molecular flexibility index (Phi) is 7.96. The van der Waals surface area contributed by atoms with Gasteiger partial charge in [-0.1, -0.05) is 87.5 Å². The van der Waals surface area contributed by atoms with Crippen LogP contribution in [0.3, 0.4) is 0 Å². The lowest BCUT2D eigenvalue weighted by molar-refractivity contribution is 0.00337. The minimum atomic E-state index is 0.443. The molecule has 132 valence electrons. The molecular weight excluding hydrogens is 264 g/mol. The molecule has 0 bridgehead atoms. The molecular formula is C22H44. The van der Waals surface area contributed by atoms with Crippen molar-refractivity contribution >= 4 is 0 Å². The molecule has 0 heteroatoms. The second kappa shape index (κ2) is 8.74. The summed E-state index contributed by atoms with van der Waals surface area (Å²) < 4.78 is 0. The van der Waals surface area contributed by atoms with E-state index in [9.17, 15) is 0 Å². The highest BCUT2D eigenvalue weighted by atomic mass is 14.5. The molecule has 0 amide bonds. The van der Waals surface area contributed by atoms with E-state index in [-0.39, 0.29) is 0 Å². The Bertz CT molecular complexity index is 290. The average Bonchev–Trinajstić information content (AvgIpc) is 2.37. The van der Waals surface area contributed by atoms with Gasteiger partial charge in [-0.25, -0.2) is 0 Å². The van der Waals surface area contributed by atoms with E-state index in [1.54, 1.807) is 0 Å². The lowest BCUT2D eigenvalue weighted by atomic mass is 9.56. The zero-order valence-corrected chi connectivity index (χ0v) is 16.9. The monoisotopic (exact) mass is 308 g/mol. The second-order valence-electron chi connectivity index (χ2n) is 9.64. The van der Waals surface area contributed by atoms with Crippen LogP contribution < -0.4 is 0 Å². The van der Waals surface area contributed by atoms with Crippen molar-refractivity contribution in [2.75, 3.05) is 0 Å². The summed E-state index contributed by atoms with van der Waals surface area (Å²) in [6, 6.07) is 0. The van der Waals surface area contributed by atoms with Crippen LogP contribution in [0.2, 0.25) is 0 Å². The summed E-state index contributed by atoms with van der Waals surface area (Å²) in [6.07, 6.45) is 10.2. The van der Waals surface area contributed by atoms with Crippen molar-refractivity contribution in [3.05, 3.63) is 0 Å². The number of rotatable bonds is 9. The molecule has 1 aliphatic rings. The van der Waals surface area contributed by atoms with Gasteiger partial charge in [-0.15, -0.1) is 0 Å². The molecule has 0 heterocycles. The van der Waals surface area contributed by atoms with Gasteiger partial charge in [0.1, 0.15) is 0 Å². The Hall–Kier alpha value is 0. The van der Waals surface area contributed by atoms with Crippen LogP contribution in [-0.4, -0.2) is 0 Å². The Morgan fingerprint density at radius 2 is 1.55 bits per heavy atom. The van der Waals surface area contributed by atoms with Gasteiger partial charge in [-0.3, -0.25) is 0 Å². The van der Waals surface area contributed by atoms with E-state index in [2.05, 4.69) is 55.4 Å². The van der Waals surface area contributed by atoms with Crippen LogP contribution in [0, 0.1) is 40.9 Å². The molecule has 0 spiro atoms. The van der Waals surface area contributed by atoms with Gasteiger partial charge in [-0.2, -0.15) is 0 Å².